The number of nitrogens with one attached hydrogen (secondary N) is 1. The molecule has 0 aromatic heterocycles. The minimum atomic E-state index is -0.461. The summed E-state index contributed by atoms with van der Waals surface area (Å²) < 4.78 is 13.3. The SMILES string of the molecule is CC(C)(CNC(=O)c1ccc(F)cc1Br)C(N)=S. The van der Waals surface area contributed by atoms with Crippen LogP contribution < -0.4 is 11.1 Å². The van der Waals surface area contributed by atoms with E-state index in [2.05, 4.69) is 21.2 Å². The van der Waals surface area contributed by atoms with Crippen LogP contribution in [0.1, 0.15) is 24.2 Å². The van der Waals surface area contributed by atoms with Crippen molar-refractivity contribution < 1.29 is 9.18 Å². The summed E-state index contributed by atoms with van der Waals surface area (Å²) in [5.74, 6) is -0.701. The molecule has 0 spiro atoms. The topological polar surface area (TPSA) is 55.1 Å². The number of benzene rings is 1. The zero-order chi connectivity index (χ0) is 13.9. The second-order valence-electron chi connectivity index (χ2n) is 4.55. The van der Waals surface area contributed by atoms with Crippen molar-refractivity contribution in [3.05, 3.63) is 34.1 Å². The molecule has 0 aliphatic carbocycles. The highest BCUT2D eigenvalue weighted by Crippen LogP contribution is 2.19. The van der Waals surface area contributed by atoms with E-state index in [0.29, 0.717) is 21.6 Å². The molecular formula is C12H14BrFN2OS. The molecule has 0 unspecified atom stereocenters. The number of halogens is 2. The van der Waals surface area contributed by atoms with Gasteiger partial charge in [0.25, 0.3) is 5.91 Å². The van der Waals surface area contributed by atoms with Crippen molar-refractivity contribution >= 4 is 39.0 Å². The standard InChI is InChI=1S/C12H14BrFN2OS/c1-12(2,11(15)18)6-16-10(17)8-4-3-7(14)5-9(8)13/h3-5H,6H2,1-2H3,(H2,15,18)(H,16,17). The van der Waals surface area contributed by atoms with Gasteiger partial charge in [-0.1, -0.05) is 26.1 Å². The second kappa shape index (κ2) is 5.75. The average molecular weight is 333 g/mol. The van der Waals surface area contributed by atoms with E-state index in [-0.39, 0.29) is 5.91 Å². The predicted octanol–water partition coefficient (Wildman–Crippen LogP) is 2.63. The van der Waals surface area contributed by atoms with Gasteiger partial charge in [0, 0.05) is 16.4 Å². The first-order chi connectivity index (χ1) is 8.24. The molecule has 18 heavy (non-hydrogen) atoms. The lowest BCUT2D eigenvalue weighted by atomic mass is 9.93. The highest BCUT2D eigenvalue weighted by molar-refractivity contribution is 9.10. The molecule has 0 bridgehead atoms. The zero-order valence-corrected chi connectivity index (χ0v) is 12.5. The van der Waals surface area contributed by atoms with E-state index in [0.717, 1.165) is 0 Å². The fourth-order valence-electron chi connectivity index (χ4n) is 1.16. The summed E-state index contributed by atoms with van der Waals surface area (Å²) in [4.78, 5) is 12.2. The van der Waals surface area contributed by atoms with Crippen LogP contribution in [0, 0.1) is 11.2 Å². The molecule has 3 N–H and O–H groups in total. The quantitative estimate of drug-likeness (QED) is 0.833. The van der Waals surface area contributed by atoms with E-state index in [1.54, 1.807) is 0 Å². The summed E-state index contributed by atoms with van der Waals surface area (Å²) in [6.45, 7) is 4.01. The van der Waals surface area contributed by atoms with Crippen LogP contribution in [0.15, 0.2) is 22.7 Å². The van der Waals surface area contributed by atoms with E-state index in [4.69, 9.17) is 18.0 Å². The number of carbonyl (C=O) groups is 1. The molecule has 0 aliphatic heterocycles. The molecule has 1 aromatic rings. The van der Waals surface area contributed by atoms with Gasteiger partial charge in [-0.2, -0.15) is 0 Å². The Bertz CT molecular complexity index is 491. The number of rotatable bonds is 4. The van der Waals surface area contributed by atoms with Crippen molar-refractivity contribution in [2.75, 3.05) is 6.54 Å². The van der Waals surface area contributed by atoms with Crippen LogP contribution in [-0.2, 0) is 0 Å². The Labute approximate surface area is 119 Å². The van der Waals surface area contributed by atoms with E-state index in [9.17, 15) is 9.18 Å². The Morgan fingerprint density at radius 3 is 2.67 bits per heavy atom. The first kappa shape index (κ1) is 15.0. The van der Waals surface area contributed by atoms with Crippen molar-refractivity contribution in [2.45, 2.75) is 13.8 Å². The van der Waals surface area contributed by atoms with Crippen LogP contribution in [0.4, 0.5) is 4.39 Å². The van der Waals surface area contributed by atoms with Crippen molar-refractivity contribution in [1.82, 2.24) is 5.32 Å². The Balaban J connectivity index is 2.75. The molecule has 0 saturated carbocycles. The molecule has 1 aromatic carbocycles. The summed E-state index contributed by atoms with van der Waals surface area (Å²) in [6.07, 6.45) is 0. The Kier molecular flexibility index (Phi) is 4.81. The van der Waals surface area contributed by atoms with Crippen LogP contribution in [0.25, 0.3) is 0 Å². The smallest absolute Gasteiger partial charge is 0.252 e. The van der Waals surface area contributed by atoms with Crippen LogP contribution in [-0.4, -0.2) is 17.4 Å². The maximum Gasteiger partial charge on any atom is 0.252 e. The van der Waals surface area contributed by atoms with Gasteiger partial charge in [0.15, 0.2) is 0 Å². The van der Waals surface area contributed by atoms with Crippen molar-refractivity contribution in [3.8, 4) is 0 Å². The van der Waals surface area contributed by atoms with Gasteiger partial charge in [0.05, 0.1) is 10.6 Å². The van der Waals surface area contributed by atoms with E-state index < -0.39 is 11.2 Å². The van der Waals surface area contributed by atoms with Crippen LogP contribution in [0.5, 0.6) is 0 Å². The number of carbonyl (C=O) groups excluding carboxylic acids is 1. The van der Waals surface area contributed by atoms with Gasteiger partial charge in [-0.15, -0.1) is 0 Å². The van der Waals surface area contributed by atoms with E-state index in [1.165, 1.54) is 18.2 Å². The molecular weight excluding hydrogens is 319 g/mol. The highest BCUT2D eigenvalue weighted by Gasteiger charge is 2.22. The van der Waals surface area contributed by atoms with Gasteiger partial charge in [0.2, 0.25) is 0 Å². The summed E-state index contributed by atoms with van der Waals surface area (Å²) in [5, 5.41) is 2.72. The first-order valence-electron chi connectivity index (χ1n) is 5.27. The van der Waals surface area contributed by atoms with Crippen molar-refractivity contribution in [2.24, 2.45) is 11.1 Å². The molecule has 6 heteroatoms. The second-order valence-corrected chi connectivity index (χ2v) is 5.85. The summed E-state index contributed by atoms with van der Waals surface area (Å²) >= 11 is 8.06. The lowest BCUT2D eigenvalue weighted by Gasteiger charge is -2.23. The van der Waals surface area contributed by atoms with Crippen molar-refractivity contribution in [3.63, 3.8) is 0 Å². The highest BCUT2D eigenvalue weighted by atomic mass is 79.9. The zero-order valence-electron chi connectivity index (χ0n) is 10.1. The molecule has 0 heterocycles. The third-order valence-electron chi connectivity index (χ3n) is 2.53. The first-order valence-corrected chi connectivity index (χ1v) is 6.47. The van der Waals surface area contributed by atoms with Gasteiger partial charge in [0.1, 0.15) is 5.82 Å². The van der Waals surface area contributed by atoms with Crippen LogP contribution in [0.3, 0.4) is 0 Å². The minimum absolute atomic E-state index is 0.300. The molecule has 0 aliphatic rings. The molecule has 0 atom stereocenters. The maximum absolute atomic E-state index is 12.9. The molecule has 1 amide bonds. The van der Waals surface area contributed by atoms with Crippen LogP contribution in [0.2, 0.25) is 0 Å². The Morgan fingerprint density at radius 2 is 2.17 bits per heavy atom. The number of nitrogens with two attached hydrogens (primary N) is 1. The predicted molar refractivity (Wildman–Crippen MR) is 77.0 cm³/mol. The molecule has 1 rings (SSSR count). The fraction of sp³-hybridized carbons (Fsp3) is 0.333. The summed E-state index contributed by atoms with van der Waals surface area (Å²) in [7, 11) is 0. The third-order valence-corrected chi connectivity index (χ3v) is 3.74. The van der Waals surface area contributed by atoms with E-state index >= 15 is 0 Å². The van der Waals surface area contributed by atoms with Gasteiger partial charge >= 0.3 is 0 Å². The van der Waals surface area contributed by atoms with Gasteiger partial charge < -0.3 is 11.1 Å². The molecule has 98 valence electrons. The Morgan fingerprint density at radius 1 is 1.56 bits per heavy atom. The average Bonchev–Trinajstić information content (AvgIpc) is 2.25. The van der Waals surface area contributed by atoms with Crippen molar-refractivity contribution in [1.29, 1.82) is 0 Å². The number of thiocarbonyl (C=S) groups is 1. The largest absolute Gasteiger partial charge is 0.393 e. The molecule has 3 nitrogen and oxygen atoms in total. The molecule has 0 radical (unpaired) electrons. The van der Waals surface area contributed by atoms with Gasteiger partial charge in [-0.05, 0) is 34.1 Å². The van der Waals surface area contributed by atoms with Gasteiger partial charge in [-0.25, -0.2) is 4.39 Å². The normalized spacial score (nSPS) is 11.1. The van der Waals surface area contributed by atoms with Crippen LogP contribution >= 0.6 is 28.1 Å². The fourth-order valence-corrected chi connectivity index (χ4v) is 1.76. The Hall–Kier alpha value is -1.01. The lowest BCUT2D eigenvalue weighted by molar-refractivity contribution is 0.0944. The maximum atomic E-state index is 12.9. The number of hydrogen-bond acceptors (Lipinski definition) is 2. The van der Waals surface area contributed by atoms with E-state index in [1.807, 2.05) is 13.8 Å². The third kappa shape index (κ3) is 3.74. The summed E-state index contributed by atoms with van der Waals surface area (Å²) in [5.41, 5.74) is 5.48. The monoisotopic (exact) mass is 332 g/mol. The number of amides is 1. The molecule has 0 fully saturated rings. The molecule has 0 saturated heterocycles. The number of hydrogen-bond donors (Lipinski definition) is 2. The summed E-state index contributed by atoms with van der Waals surface area (Å²) in [6, 6.07) is 3.90. The minimum Gasteiger partial charge on any atom is -0.393 e. The van der Waals surface area contributed by atoms with Gasteiger partial charge in [-0.3, -0.25) is 4.79 Å². The lowest BCUT2D eigenvalue weighted by Crippen LogP contribution is -2.41.